The smallest absolute Gasteiger partial charge is 0.344 e. The van der Waals surface area contributed by atoms with Gasteiger partial charge in [0.2, 0.25) is 0 Å². The molecule has 0 spiro atoms. The summed E-state index contributed by atoms with van der Waals surface area (Å²) in [5.41, 5.74) is 1.09. The Morgan fingerprint density at radius 1 is 1.11 bits per heavy atom. The molecule has 144 valence electrons. The van der Waals surface area contributed by atoms with Crippen molar-refractivity contribution in [2.45, 2.75) is 20.5 Å². The zero-order valence-electron chi connectivity index (χ0n) is 15.4. The first-order chi connectivity index (χ1) is 13.3. The maximum absolute atomic E-state index is 12.0. The van der Waals surface area contributed by atoms with Crippen molar-refractivity contribution in [1.82, 2.24) is 0 Å². The number of hydrogen-bond donors (Lipinski definition) is 1. The van der Waals surface area contributed by atoms with Crippen molar-refractivity contribution in [3.05, 3.63) is 69.6 Å². The molecule has 0 aliphatic heterocycles. The predicted octanol–water partition coefficient (Wildman–Crippen LogP) is 3.13. The van der Waals surface area contributed by atoms with Gasteiger partial charge >= 0.3 is 11.6 Å². The zero-order chi connectivity index (χ0) is 20.3. The Hall–Kier alpha value is -3.61. The summed E-state index contributed by atoms with van der Waals surface area (Å²) in [7, 11) is 0. The Balaban J connectivity index is 1.65. The van der Waals surface area contributed by atoms with E-state index in [1.54, 1.807) is 37.3 Å². The molecule has 0 bridgehead atoms. The lowest BCUT2D eigenvalue weighted by atomic mass is 10.1. The van der Waals surface area contributed by atoms with E-state index in [0.29, 0.717) is 27.8 Å². The molecule has 0 radical (unpaired) electrons. The number of carbonyl (C=O) groups excluding carboxylic acids is 2. The van der Waals surface area contributed by atoms with Gasteiger partial charge in [0.15, 0.2) is 12.4 Å². The van der Waals surface area contributed by atoms with Crippen molar-refractivity contribution in [2.24, 2.45) is 0 Å². The van der Waals surface area contributed by atoms with Crippen LogP contribution in [0.15, 0.2) is 51.7 Å². The van der Waals surface area contributed by atoms with E-state index in [4.69, 9.17) is 13.9 Å². The fourth-order valence-corrected chi connectivity index (χ4v) is 2.66. The molecule has 28 heavy (non-hydrogen) atoms. The Bertz CT molecular complexity index is 1090. The topological polar surface area (TPSA) is 103 Å². The third kappa shape index (κ3) is 4.20. The van der Waals surface area contributed by atoms with Gasteiger partial charge in [0, 0.05) is 28.1 Å². The van der Waals surface area contributed by atoms with Crippen LogP contribution in [-0.2, 0) is 16.1 Å². The molecule has 0 aliphatic carbocycles. The van der Waals surface area contributed by atoms with Crippen molar-refractivity contribution in [3.8, 4) is 11.5 Å². The molecule has 0 aliphatic rings. The van der Waals surface area contributed by atoms with Crippen LogP contribution in [0.4, 0.5) is 0 Å². The third-order valence-electron chi connectivity index (χ3n) is 4.22. The minimum absolute atomic E-state index is 0.00832. The van der Waals surface area contributed by atoms with Crippen molar-refractivity contribution >= 4 is 22.7 Å². The predicted molar refractivity (Wildman–Crippen MR) is 101 cm³/mol. The summed E-state index contributed by atoms with van der Waals surface area (Å²) < 4.78 is 15.7. The van der Waals surface area contributed by atoms with Crippen molar-refractivity contribution in [2.75, 3.05) is 6.61 Å². The number of carbonyl (C=O) groups is 2. The molecule has 3 rings (SSSR count). The van der Waals surface area contributed by atoms with E-state index in [1.165, 1.54) is 19.1 Å². The summed E-state index contributed by atoms with van der Waals surface area (Å²) in [5, 5.41) is 10.3. The molecule has 1 heterocycles. The third-order valence-corrected chi connectivity index (χ3v) is 4.22. The van der Waals surface area contributed by atoms with E-state index in [2.05, 4.69) is 0 Å². The molecule has 3 aromatic rings. The van der Waals surface area contributed by atoms with Gasteiger partial charge in [0.05, 0.1) is 0 Å². The highest BCUT2D eigenvalue weighted by molar-refractivity contribution is 5.94. The molecule has 0 fully saturated rings. The maximum atomic E-state index is 12.0. The number of phenolic OH excluding ortho intramolecular Hbond substituents is 1. The summed E-state index contributed by atoms with van der Waals surface area (Å²) in [6, 6.07) is 10.7. The average molecular weight is 382 g/mol. The summed E-state index contributed by atoms with van der Waals surface area (Å²) >= 11 is 0. The van der Waals surface area contributed by atoms with Gasteiger partial charge in [-0.3, -0.25) is 4.79 Å². The number of fused-ring (bicyclic) bond motifs is 1. The van der Waals surface area contributed by atoms with Gasteiger partial charge in [-0.2, -0.15) is 0 Å². The van der Waals surface area contributed by atoms with Gasteiger partial charge in [-0.1, -0.05) is 0 Å². The number of benzene rings is 2. The first-order valence-electron chi connectivity index (χ1n) is 8.50. The second kappa shape index (κ2) is 7.96. The number of hydrogen-bond acceptors (Lipinski definition) is 7. The van der Waals surface area contributed by atoms with Crippen LogP contribution < -0.4 is 10.4 Å². The summed E-state index contributed by atoms with van der Waals surface area (Å²) in [6.07, 6.45) is 0. The number of ketones is 1. The summed E-state index contributed by atoms with van der Waals surface area (Å²) in [5.74, 6) is -0.241. The van der Waals surface area contributed by atoms with Crippen LogP contribution in [0.5, 0.6) is 11.5 Å². The fourth-order valence-electron chi connectivity index (χ4n) is 2.66. The van der Waals surface area contributed by atoms with Crippen LogP contribution in [0, 0.1) is 6.92 Å². The van der Waals surface area contributed by atoms with Crippen molar-refractivity contribution in [3.63, 3.8) is 0 Å². The van der Waals surface area contributed by atoms with Gasteiger partial charge in [-0.05, 0) is 50.2 Å². The molecular weight excluding hydrogens is 364 g/mol. The maximum Gasteiger partial charge on any atom is 0.344 e. The normalized spacial score (nSPS) is 10.6. The van der Waals surface area contributed by atoms with Gasteiger partial charge in [-0.15, -0.1) is 0 Å². The lowest BCUT2D eigenvalue weighted by Gasteiger charge is -2.10. The van der Waals surface area contributed by atoms with Gasteiger partial charge in [-0.25, -0.2) is 9.59 Å². The Labute approximate surface area is 160 Å². The quantitative estimate of drug-likeness (QED) is 0.397. The van der Waals surface area contributed by atoms with Gasteiger partial charge in [0.1, 0.15) is 23.7 Å². The summed E-state index contributed by atoms with van der Waals surface area (Å²) in [4.78, 5) is 35.0. The fraction of sp³-hybridized carbons (Fsp3) is 0.190. The zero-order valence-corrected chi connectivity index (χ0v) is 15.4. The van der Waals surface area contributed by atoms with Crippen molar-refractivity contribution in [1.29, 1.82) is 0 Å². The van der Waals surface area contributed by atoms with Gasteiger partial charge < -0.3 is 19.0 Å². The highest BCUT2D eigenvalue weighted by Gasteiger charge is 2.13. The first-order valence-corrected chi connectivity index (χ1v) is 8.50. The van der Waals surface area contributed by atoms with Crippen LogP contribution in [-0.4, -0.2) is 23.5 Å². The highest BCUT2D eigenvalue weighted by Crippen LogP contribution is 2.27. The number of ether oxygens (including phenoxy) is 2. The molecule has 0 atom stereocenters. The van der Waals surface area contributed by atoms with E-state index in [0.717, 1.165) is 0 Å². The molecule has 1 aromatic heterocycles. The number of phenols is 1. The molecule has 0 saturated carbocycles. The molecule has 7 nitrogen and oxygen atoms in total. The lowest BCUT2D eigenvalue weighted by molar-refractivity contribution is -0.147. The van der Waals surface area contributed by atoms with Crippen LogP contribution in [0.25, 0.3) is 11.0 Å². The van der Waals surface area contributed by atoms with E-state index in [9.17, 15) is 19.5 Å². The summed E-state index contributed by atoms with van der Waals surface area (Å²) in [6.45, 7) is 2.63. The Morgan fingerprint density at radius 3 is 2.50 bits per heavy atom. The molecule has 7 heteroatoms. The van der Waals surface area contributed by atoms with E-state index < -0.39 is 11.6 Å². The highest BCUT2D eigenvalue weighted by atomic mass is 16.6. The number of aromatic hydroxyl groups is 1. The molecule has 0 amide bonds. The second-order valence-electron chi connectivity index (χ2n) is 6.21. The van der Waals surface area contributed by atoms with E-state index >= 15 is 0 Å². The largest absolute Gasteiger partial charge is 0.508 e. The Kier molecular flexibility index (Phi) is 5.44. The van der Waals surface area contributed by atoms with Crippen LogP contribution >= 0.6 is 0 Å². The van der Waals surface area contributed by atoms with Crippen LogP contribution in [0.3, 0.4) is 0 Å². The lowest BCUT2D eigenvalue weighted by Crippen LogP contribution is -2.15. The van der Waals surface area contributed by atoms with Crippen LogP contribution in [0.1, 0.15) is 28.4 Å². The van der Waals surface area contributed by atoms with Crippen molar-refractivity contribution < 1.29 is 28.6 Å². The van der Waals surface area contributed by atoms with E-state index in [-0.39, 0.29) is 30.3 Å². The number of Topliss-reactive ketones (excluding diaryl/α,β-unsaturated/α-hetero) is 1. The van der Waals surface area contributed by atoms with Gasteiger partial charge in [0.25, 0.3) is 0 Å². The second-order valence-corrected chi connectivity index (χ2v) is 6.21. The first kappa shape index (κ1) is 19.2. The molecule has 0 saturated heterocycles. The number of aryl methyl sites for hydroxylation is 1. The molecule has 2 aromatic carbocycles. The average Bonchev–Trinajstić information content (AvgIpc) is 2.68. The number of esters is 1. The molecule has 0 unspecified atom stereocenters. The standard InChI is InChI=1S/C21H18O7/c1-12-18(23)8-7-17-15(9-19(24)28-21(12)17)10-27-20(25)11-26-16-5-3-14(4-6-16)13(2)22/h3-9,23H,10-11H2,1-2H3. The number of rotatable bonds is 6. The SMILES string of the molecule is CC(=O)c1ccc(OCC(=O)OCc2cc(=O)oc3c(C)c(O)ccc23)cc1. The minimum atomic E-state index is -0.618. The monoisotopic (exact) mass is 382 g/mol. The van der Waals surface area contributed by atoms with E-state index in [1.807, 2.05) is 0 Å². The van der Waals surface area contributed by atoms with Crippen LogP contribution in [0.2, 0.25) is 0 Å². The molecular formula is C21H18O7. The Morgan fingerprint density at radius 2 is 1.82 bits per heavy atom. The molecule has 1 N–H and O–H groups in total. The minimum Gasteiger partial charge on any atom is -0.508 e.